The Kier molecular flexibility index (Phi) is 7.48. The summed E-state index contributed by atoms with van der Waals surface area (Å²) in [5.41, 5.74) is 0.655. The second-order valence-electron chi connectivity index (χ2n) is 5.00. The largest absolute Gasteiger partial charge is 0.490 e. The quantitative estimate of drug-likeness (QED) is 0.428. The van der Waals surface area contributed by atoms with E-state index < -0.39 is 10.0 Å². The highest BCUT2D eigenvalue weighted by Crippen LogP contribution is 2.36. The molecule has 0 aliphatic carbocycles. The number of hydrogen-bond donors (Lipinski definition) is 1. The van der Waals surface area contributed by atoms with Gasteiger partial charge in [0.15, 0.2) is 11.5 Å². The molecule has 2 aromatic rings. The number of benzene rings is 2. The lowest BCUT2D eigenvalue weighted by molar-refractivity contribution is 0.286. The highest BCUT2D eigenvalue weighted by Gasteiger charge is 2.13. The molecule has 0 bridgehead atoms. The van der Waals surface area contributed by atoms with Gasteiger partial charge in [-0.25, -0.2) is 4.83 Å². The molecule has 0 heterocycles. The van der Waals surface area contributed by atoms with E-state index in [1.807, 2.05) is 13.8 Å². The summed E-state index contributed by atoms with van der Waals surface area (Å²) in [5.74, 6) is 1.16. The zero-order valence-electron chi connectivity index (χ0n) is 14.2. The van der Waals surface area contributed by atoms with Crippen molar-refractivity contribution in [3.63, 3.8) is 0 Å². The van der Waals surface area contributed by atoms with Gasteiger partial charge in [0, 0.05) is 4.47 Å². The van der Waals surface area contributed by atoms with Crippen LogP contribution in [-0.2, 0) is 10.0 Å². The first-order valence-corrected chi connectivity index (χ1v) is 10.8. The lowest BCUT2D eigenvalue weighted by Gasteiger charge is -2.13. The van der Waals surface area contributed by atoms with Gasteiger partial charge in [-0.2, -0.15) is 13.5 Å². The molecule has 140 valence electrons. The van der Waals surface area contributed by atoms with Crippen molar-refractivity contribution in [1.82, 2.24) is 4.83 Å². The predicted molar refractivity (Wildman–Crippen MR) is 109 cm³/mol. The number of rotatable bonds is 8. The maximum atomic E-state index is 12.2. The molecular formula is C17H18Br2N2O4S. The van der Waals surface area contributed by atoms with Crippen LogP contribution < -0.4 is 14.3 Å². The maximum Gasteiger partial charge on any atom is 0.276 e. The summed E-state index contributed by atoms with van der Waals surface area (Å²) in [6.07, 6.45) is 1.40. The number of sulfonamides is 1. The van der Waals surface area contributed by atoms with Gasteiger partial charge in [0.05, 0.1) is 28.8 Å². The van der Waals surface area contributed by atoms with Crippen molar-refractivity contribution in [2.75, 3.05) is 13.2 Å². The highest BCUT2D eigenvalue weighted by atomic mass is 79.9. The normalized spacial score (nSPS) is 11.5. The van der Waals surface area contributed by atoms with Crippen LogP contribution in [0.25, 0.3) is 0 Å². The van der Waals surface area contributed by atoms with E-state index in [0.29, 0.717) is 34.7 Å². The van der Waals surface area contributed by atoms with Gasteiger partial charge in [-0.1, -0.05) is 15.9 Å². The van der Waals surface area contributed by atoms with Crippen molar-refractivity contribution >= 4 is 48.1 Å². The summed E-state index contributed by atoms with van der Waals surface area (Å²) in [6, 6.07) is 9.78. The first kappa shape index (κ1) is 20.7. The number of halogens is 2. The molecule has 26 heavy (non-hydrogen) atoms. The Morgan fingerprint density at radius 3 is 2.35 bits per heavy atom. The topological polar surface area (TPSA) is 77.0 Å². The van der Waals surface area contributed by atoms with Crippen LogP contribution in [0, 0.1) is 0 Å². The molecule has 2 aromatic carbocycles. The summed E-state index contributed by atoms with van der Waals surface area (Å²) in [4.78, 5) is 2.32. The molecule has 9 heteroatoms. The monoisotopic (exact) mass is 504 g/mol. The summed E-state index contributed by atoms with van der Waals surface area (Å²) >= 11 is 6.70. The molecule has 0 aliphatic rings. The van der Waals surface area contributed by atoms with E-state index in [0.717, 1.165) is 4.47 Å². The van der Waals surface area contributed by atoms with E-state index in [4.69, 9.17) is 9.47 Å². The van der Waals surface area contributed by atoms with E-state index in [1.54, 1.807) is 24.3 Å². The first-order chi connectivity index (χ1) is 12.4. The number of hydrazone groups is 1. The summed E-state index contributed by atoms with van der Waals surface area (Å²) in [5, 5.41) is 3.84. The van der Waals surface area contributed by atoms with Crippen LogP contribution >= 0.6 is 31.9 Å². The number of nitrogens with zero attached hydrogens (tertiary/aromatic N) is 1. The molecule has 0 spiro atoms. The van der Waals surface area contributed by atoms with E-state index in [-0.39, 0.29) is 4.90 Å². The highest BCUT2D eigenvalue weighted by molar-refractivity contribution is 9.10. The van der Waals surface area contributed by atoms with Crippen LogP contribution in [-0.4, -0.2) is 27.8 Å². The minimum Gasteiger partial charge on any atom is -0.490 e. The van der Waals surface area contributed by atoms with Gasteiger partial charge in [-0.15, -0.1) is 0 Å². The van der Waals surface area contributed by atoms with Gasteiger partial charge in [0.25, 0.3) is 10.0 Å². The minimum atomic E-state index is -3.73. The zero-order valence-corrected chi connectivity index (χ0v) is 18.2. The van der Waals surface area contributed by atoms with Crippen LogP contribution in [0.5, 0.6) is 11.5 Å². The average Bonchev–Trinajstić information content (AvgIpc) is 2.58. The summed E-state index contributed by atoms with van der Waals surface area (Å²) in [7, 11) is -3.73. The van der Waals surface area contributed by atoms with E-state index >= 15 is 0 Å². The van der Waals surface area contributed by atoms with Crippen molar-refractivity contribution in [2.45, 2.75) is 18.7 Å². The third-order valence-electron chi connectivity index (χ3n) is 3.13. The van der Waals surface area contributed by atoms with E-state index in [1.165, 1.54) is 18.3 Å². The second kappa shape index (κ2) is 9.38. The number of hydrogen-bond acceptors (Lipinski definition) is 5. The molecule has 0 unspecified atom stereocenters. The van der Waals surface area contributed by atoms with E-state index in [9.17, 15) is 8.42 Å². The molecule has 0 aromatic heterocycles. The van der Waals surface area contributed by atoms with E-state index in [2.05, 4.69) is 41.8 Å². The first-order valence-electron chi connectivity index (χ1n) is 7.77. The molecular weight excluding hydrogens is 488 g/mol. The van der Waals surface area contributed by atoms with Crippen LogP contribution in [0.4, 0.5) is 0 Å². The Balaban J connectivity index is 2.20. The molecule has 2 rings (SSSR count). The Morgan fingerprint density at radius 2 is 1.73 bits per heavy atom. The Labute approximate surface area is 169 Å². The van der Waals surface area contributed by atoms with Crippen molar-refractivity contribution in [1.29, 1.82) is 0 Å². The Morgan fingerprint density at radius 1 is 1.08 bits per heavy atom. The fourth-order valence-electron chi connectivity index (χ4n) is 2.05. The summed E-state index contributed by atoms with van der Waals surface area (Å²) < 4.78 is 37.1. The molecule has 0 saturated carbocycles. The SMILES string of the molecule is CCOc1cc(/C=N/NS(=O)(=O)c2ccc(Br)cc2)cc(Br)c1OCC. The van der Waals surface area contributed by atoms with Crippen LogP contribution in [0.3, 0.4) is 0 Å². The predicted octanol–water partition coefficient (Wildman–Crippen LogP) is 4.32. The molecule has 6 nitrogen and oxygen atoms in total. The molecule has 0 amide bonds. The van der Waals surface area contributed by atoms with Crippen LogP contribution in [0.1, 0.15) is 19.4 Å². The van der Waals surface area contributed by atoms with Gasteiger partial charge in [0.2, 0.25) is 0 Å². The number of nitrogens with one attached hydrogen (secondary N) is 1. The molecule has 0 radical (unpaired) electrons. The average molecular weight is 506 g/mol. The second-order valence-corrected chi connectivity index (χ2v) is 8.43. The number of ether oxygens (including phenoxy) is 2. The van der Waals surface area contributed by atoms with Gasteiger partial charge in [0.1, 0.15) is 0 Å². The molecule has 0 fully saturated rings. The third-order valence-corrected chi connectivity index (χ3v) is 5.49. The van der Waals surface area contributed by atoms with Crippen molar-refractivity contribution < 1.29 is 17.9 Å². The van der Waals surface area contributed by atoms with Crippen molar-refractivity contribution in [3.8, 4) is 11.5 Å². The summed E-state index contributed by atoms with van der Waals surface area (Å²) in [6.45, 7) is 4.73. The fraction of sp³-hybridized carbons (Fsp3) is 0.235. The molecule has 0 saturated heterocycles. The zero-order chi connectivity index (χ0) is 19.2. The Hall–Kier alpha value is -1.58. The van der Waals surface area contributed by atoms with Gasteiger partial charge >= 0.3 is 0 Å². The molecule has 0 aliphatic heterocycles. The van der Waals surface area contributed by atoms with Crippen molar-refractivity contribution in [2.24, 2.45) is 5.10 Å². The third kappa shape index (κ3) is 5.46. The molecule has 0 atom stereocenters. The van der Waals surface area contributed by atoms with Crippen LogP contribution in [0.2, 0.25) is 0 Å². The minimum absolute atomic E-state index is 0.126. The molecule has 1 N–H and O–H groups in total. The smallest absolute Gasteiger partial charge is 0.276 e. The van der Waals surface area contributed by atoms with Gasteiger partial charge in [-0.3, -0.25) is 0 Å². The standard InChI is InChI=1S/C17H18Br2N2O4S/c1-3-24-16-10-12(9-15(19)17(16)25-4-2)11-20-21-26(22,23)14-7-5-13(18)6-8-14/h5-11,21H,3-4H2,1-2H3/b20-11+. The van der Waals surface area contributed by atoms with Gasteiger partial charge in [-0.05, 0) is 71.7 Å². The fourth-order valence-corrected chi connectivity index (χ4v) is 3.68. The van der Waals surface area contributed by atoms with Gasteiger partial charge < -0.3 is 9.47 Å². The van der Waals surface area contributed by atoms with Crippen LogP contribution in [0.15, 0.2) is 55.3 Å². The lowest BCUT2D eigenvalue weighted by Crippen LogP contribution is -2.18. The lowest BCUT2D eigenvalue weighted by atomic mass is 10.2. The Bertz CT molecular complexity index is 884. The maximum absolute atomic E-state index is 12.2. The van der Waals surface area contributed by atoms with Crippen molar-refractivity contribution in [3.05, 3.63) is 50.9 Å².